The van der Waals surface area contributed by atoms with Crippen LogP contribution in [0.5, 0.6) is 0 Å². The molecule has 3 fully saturated rings. The molecule has 2 aromatic heterocycles. The van der Waals surface area contributed by atoms with Gasteiger partial charge in [-0.15, -0.1) is 0 Å². The Bertz CT molecular complexity index is 1890. The van der Waals surface area contributed by atoms with Crippen LogP contribution >= 0.6 is 15.9 Å². The minimum Gasteiger partial charge on any atom is -0.405 e. The van der Waals surface area contributed by atoms with Crippen molar-refractivity contribution < 1.29 is 27.9 Å². The summed E-state index contributed by atoms with van der Waals surface area (Å²) in [5.41, 5.74) is 1.83. The van der Waals surface area contributed by atoms with Crippen molar-refractivity contribution in [1.82, 2.24) is 9.97 Å². The quantitative estimate of drug-likeness (QED) is 0.196. The molecule has 0 saturated carbocycles. The summed E-state index contributed by atoms with van der Waals surface area (Å²) in [5, 5.41) is 20.1. The van der Waals surface area contributed by atoms with Gasteiger partial charge < -0.3 is 37.9 Å². The Morgan fingerprint density at radius 3 is 1.29 bits per heavy atom. The van der Waals surface area contributed by atoms with Gasteiger partial charge in [-0.05, 0) is 135 Å². The monoisotopic (exact) mass is 758 g/mol. The Morgan fingerprint density at radius 2 is 0.882 bits per heavy atom. The fourth-order valence-corrected chi connectivity index (χ4v) is 6.22. The van der Waals surface area contributed by atoms with Crippen LogP contribution < -0.4 is 5.46 Å². The van der Waals surface area contributed by atoms with Gasteiger partial charge in [0.25, 0.3) is 0 Å². The summed E-state index contributed by atoms with van der Waals surface area (Å²) in [5.74, 6) is 0. The molecule has 0 atom stereocenters. The van der Waals surface area contributed by atoms with E-state index in [1.807, 2.05) is 120 Å². The van der Waals surface area contributed by atoms with Gasteiger partial charge in [0.1, 0.15) is 6.07 Å². The van der Waals surface area contributed by atoms with Gasteiger partial charge >= 0.3 is 21.1 Å². The van der Waals surface area contributed by atoms with Crippen LogP contribution in [0.2, 0.25) is 0 Å². The standard InChI is InChI=1S/C15H17BN2O2.C12H24B2O4.C9H5BrN2.CH4/c1-14(2)15(3,4)20-16(19-14)13-10(9-17)5-6-12-11(13)7-8-18-12;1-9(2)10(3,4)16-13(15-9)14-17-11(5,6)12(7,8)18-14;10-9-6(5-11)1-2-8-7(9)3-4-12-8;/h5-8,18H,1-4H3;1-8H3;1-4,12H;1H4. The maximum Gasteiger partial charge on any atom is 0.496 e. The highest BCUT2D eigenvalue weighted by atomic mass is 79.9. The van der Waals surface area contributed by atoms with Crippen LogP contribution in [-0.2, 0) is 27.9 Å². The Labute approximate surface area is 312 Å². The Morgan fingerprint density at radius 1 is 0.529 bits per heavy atom. The number of nitrogens with zero attached hydrogens (tertiary/aromatic N) is 2. The number of H-pyrrole nitrogens is 2. The summed E-state index contributed by atoms with van der Waals surface area (Å²) in [6, 6.07) is 15.7. The van der Waals surface area contributed by atoms with Gasteiger partial charge in [-0.2, -0.15) is 10.5 Å². The van der Waals surface area contributed by atoms with E-state index in [0.717, 1.165) is 31.7 Å². The largest absolute Gasteiger partial charge is 0.496 e. The van der Waals surface area contributed by atoms with Gasteiger partial charge in [-0.1, -0.05) is 7.43 Å². The van der Waals surface area contributed by atoms with Crippen LogP contribution in [0.1, 0.15) is 102 Å². The molecular weight excluding hydrogens is 709 g/mol. The zero-order valence-corrected chi connectivity index (χ0v) is 32.7. The second-order valence-electron chi connectivity index (χ2n) is 15.9. The average molecular weight is 759 g/mol. The first-order chi connectivity index (χ1) is 23.1. The lowest BCUT2D eigenvalue weighted by atomic mass is 9.49. The van der Waals surface area contributed by atoms with Crippen molar-refractivity contribution in [1.29, 1.82) is 10.5 Å². The number of fused-ring (bicyclic) bond motifs is 2. The van der Waals surface area contributed by atoms with E-state index in [-0.39, 0.29) is 29.8 Å². The number of nitriles is 2. The molecule has 0 spiro atoms. The lowest BCUT2D eigenvalue weighted by Crippen LogP contribution is -2.41. The lowest BCUT2D eigenvalue weighted by molar-refractivity contribution is 0.00578. The molecule has 5 heterocycles. The maximum absolute atomic E-state index is 9.36. The van der Waals surface area contributed by atoms with E-state index < -0.39 is 32.3 Å². The number of hydrogen-bond donors (Lipinski definition) is 2. The predicted molar refractivity (Wildman–Crippen MR) is 208 cm³/mol. The fourth-order valence-electron chi connectivity index (χ4n) is 5.65. The summed E-state index contributed by atoms with van der Waals surface area (Å²) >= 11 is 3.38. The van der Waals surface area contributed by atoms with Crippen LogP contribution in [0.15, 0.2) is 53.3 Å². The average Bonchev–Trinajstić information content (AvgIpc) is 3.80. The highest BCUT2D eigenvalue weighted by Gasteiger charge is 2.63. The number of hydrogen-bond acceptors (Lipinski definition) is 8. The molecule has 2 aromatic carbocycles. The molecule has 51 heavy (non-hydrogen) atoms. The molecular formula is C37H50B3BrN4O6. The number of aromatic amines is 2. The smallest absolute Gasteiger partial charge is 0.405 e. The molecule has 0 radical (unpaired) electrons. The number of rotatable bonds is 2. The molecule has 0 unspecified atom stereocenters. The minimum atomic E-state index is -0.519. The first-order valence-corrected chi connectivity index (χ1v) is 17.6. The normalized spacial score (nSPS) is 21.6. The number of benzene rings is 2. The van der Waals surface area contributed by atoms with Crippen LogP contribution in [0.3, 0.4) is 0 Å². The van der Waals surface area contributed by atoms with Crippen LogP contribution in [0.4, 0.5) is 0 Å². The summed E-state index contributed by atoms with van der Waals surface area (Å²) in [7, 11) is -1.47. The first-order valence-electron chi connectivity index (χ1n) is 16.8. The molecule has 0 bridgehead atoms. The minimum absolute atomic E-state index is 0. The highest BCUT2D eigenvalue weighted by molar-refractivity contribution is 9.10. The first kappa shape index (κ1) is 40.7. The molecule has 0 amide bonds. The van der Waals surface area contributed by atoms with E-state index in [1.165, 1.54) is 0 Å². The number of aromatic nitrogens is 2. The third-order valence-electron chi connectivity index (χ3n) is 10.9. The summed E-state index contributed by atoms with van der Waals surface area (Å²) < 4.78 is 36.9. The van der Waals surface area contributed by atoms with E-state index in [9.17, 15) is 5.26 Å². The second-order valence-corrected chi connectivity index (χ2v) is 16.7. The molecule has 14 heteroatoms. The van der Waals surface area contributed by atoms with Gasteiger partial charge in [0.05, 0.1) is 50.8 Å². The lowest BCUT2D eigenvalue weighted by Gasteiger charge is -2.32. The second kappa shape index (κ2) is 14.1. The third-order valence-corrected chi connectivity index (χ3v) is 11.8. The molecule has 4 aromatic rings. The molecule has 3 saturated heterocycles. The van der Waals surface area contributed by atoms with Gasteiger partial charge in [0.2, 0.25) is 0 Å². The zero-order valence-electron chi connectivity index (χ0n) is 31.1. The summed E-state index contributed by atoms with van der Waals surface area (Å²) in [6.07, 6.45) is 3.72. The molecule has 3 aliphatic rings. The van der Waals surface area contributed by atoms with E-state index in [1.54, 1.807) is 12.1 Å². The molecule has 2 N–H and O–H groups in total. The summed E-state index contributed by atoms with van der Waals surface area (Å²) in [4.78, 5) is 6.23. The van der Waals surface area contributed by atoms with Crippen LogP contribution in [0, 0.1) is 22.7 Å². The molecule has 0 aliphatic carbocycles. The number of nitrogens with one attached hydrogen (secondary N) is 2. The van der Waals surface area contributed by atoms with E-state index in [2.05, 4.69) is 38.0 Å². The maximum atomic E-state index is 9.36. The Kier molecular flexibility index (Phi) is 11.2. The third kappa shape index (κ3) is 7.56. The SMILES string of the molecule is C.CC1(C)OB(B2OC(C)(C)C(C)(C)O2)OC1(C)C.CC1(C)OB(c2c(C#N)ccc3[nH]ccc23)OC1(C)C.N#Cc1ccc2[nH]ccc2c1Br. The van der Waals surface area contributed by atoms with Crippen molar-refractivity contribution >= 4 is 64.3 Å². The van der Waals surface area contributed by atoms with Crippen LogP contribution in [0.25, 0.3) is 21.8 Å². The van der Waals surface area contributed by atoms with Crippen molar-refractivity contribution in [2.75, 3.05) is 0 Å². The highest BCUT2D eigenvalue weighted by Crippen LogP contribution is 2.43. The molecule has 3 aliphatic heterocycles. The van der Waals surface area contributed by atoms with Crippen molar-refractivity contribution in [2.24, 2.45) is 0 Å². The Balaban J connectivity index is 0.000000175. The van der Waals surface area contributed by atoms with E-state index in [4.69, 9.17) is 33.2 Å². The van der Waals surface area contributed by atoms with Crippen molar-refractivity contribution in [3.63, 3.8) is 0 Å². The predicted octanol–water partition coefficient (Wildman–Crippen LogP) is 8.03. The summed E-state index contributed by atoms with van der Waals surface area (Å²) in [6.45, 7) is 24.2. The van der Waals surface area contributed by atoms with Gasteiger partial charge in [0.15, 0.2) is 0 Å². The van der Waals surface area contributed by atoms with E-state index >= 15 is 0 Å². The van der Waals surface area contributed by atoms with E-state index in [0.29, 0.717) is 11.1 Å². The Hall–Kier alpha value is -3.07. The topological polar surface area (TPSA) is 135 Å². The van der Waals surface area contributed by atoms with Crippen LogP contribution in [-0.4, -0.2) is 64.7 Å². The zero-order chi connectivity index (χ0) is 37.1. The van der Waals surface area contributed by atoms with Gasteiger partial charge in [-0.25, -0.2) is 0 Å². The fraction of sp³-hybridized carbons (Fsp3) is 0.514. The molecule has 7 rings (SSSR count). The van der Waals surface area contributed by atoms with Crippen molar-refractivity contribution in [3.05, 3.63) is 64.4 Å². The van der Waals surface area contributed by atoms with Crippen molar-refractivity contribution in [2.45, 2.75) is 124 Å². The molecule has 10 nitrogen and oxygen atoms in total. The van der Waals surface area contributed by atoms with Crippen molar-refractivity contribution in [3.8, 4) is 12.1 Å². The van der Waals surface area contributed by atoms with Gasteiger partial charge in [0, 0.05) is 44.1 Å². The van der Waals surface area contributed by atoms with Gasteiger partial charge in [-0.3, -0.25) is 0 Å². The number of halogens is 1. The molecule has 270 valence electrons.